The van der Waals surface area contributed by atoms with Gasteiger partial charge in [-0.15, -0.1) is 0 Å². The number of carbonyl (C=O) groups excluding carboxylic acids is 5. The Morgan fingerprint density at radius 1 is 0.909 bits per heavy atom. The highest BCUT2D eigenvalue weighted by Gasteiger charge is 2.56. The van der Waals surface area contributed by atoms with Crippen molar-refractivity contribution in [3.8, 4) is 0 Å². The maximum atomic E-state index is 14.4. The number of rotatable bonds is 14. The van der Waals surface area contributed by atoms with Crippen molar-refractivity contribution in [3.05, 3.63) is 23.3 Å². The molecule has 16 nitrogen and oxygen atoms in total. The first-order chi connectivity index (χ1) is 31.3. The lowest BCUT2D eigenvalue weighted by Gasteiger charge is -2.46. The van der Waals surface area contributed by atoms with Gasteiger partial charge in [-0.25, -0.2) is 4.79 Å². The lowest BCUT2D eigenvalue weighted by atomic mass is 9.81. The summed E-state index contributed by atoms with van der Waals surface area (Å²) < 4.78 is 23.6. The largest absolute Gasteiger partial charge is 0.456 e. The number of esters is 1. The molecule has 0 unspecified atom stereocenters. The van der Waals surface area contributed by atoms with Crippen LogP contribution in [0.3, 0.4) is 0 Å². The van der Waals surface area contributed by atoms with Gasteiger partial charge in [-0.05, 0) is 121 Å². The zero-order valence-corrected chi connectivity index (χ0v) is 40.8. The van der Waals surface area contributed by atoms with Crippen LogP contribution in [0.15, 0.2) is 23.3 Å². The maximum absolute atomic E-state index is 14.4. The highest BCUT2D eigenvalue weighted by atomic mass is 16.7. The topological polar surface area (TPSA) is 244 Å². The van der Waals surface area contributed by atoms with E-state index in [2.05, 4.69) is 5.32 Å². The number of aliphatic hydroxyl groups excluding tert-OH is 3. The number of ether oxygens (including phenoxy) is 4. The second kappa shape index (κ2) is 26.6. The summed E-state index contributed by atoms with van der Waals surface area (Å²) in [5.74, 6) is -8.70. The van der Waals surface area contributed by atoms with Gasteiger partial charge >= 0.3 is 5.97 Å². The van der Waals surface area contributed by atoms with Crippen molar-refractivity contribution in [2.75, 3.05) is 33.9 Å². The number of nitrogens with zero attached hydrogens (tertiary/aromatic N) is 1. The van der Waals surface area contributed by atoms with Gasteiger partial charge in [0.2, 0.25) is 11.7 Å². The fourth-order valence-corrected chi connectivity index (χ4v) is 10.5. The number of nitrogens with one attached hydrogen (secondary N) is 1. The summed E-state index contributed by atoms with van der Waals surface area (Å²) in [6.45, 7) is 10.2. The van der Waals surface area contributed by atoms with Gasteiger partial charge in [0.25, 0.3) is 11.7 Å². The van der Waals surface area contributed by atoms with Gasteiger partial charge in [0.05, 0.1) is 30.5 Å². The Hall–Kier alpha value is -3.09. The Labute approximate surface area is 392 Å². The van der Waals surface area contributed by atoms with E-state index in [1.807, 2.05) is 26.0 Å². The average Bonchev–Trinajstić information content (AvgIpc) is 3.28. The van der Waals surface area contributed by atoms with E-state index in [0.29, 0.717) is 70.0 Å². The third-order valence-electron chi connectivity index (χ3n) is 14.5. The van der Waals surface area contributed by atoms with Gasteiger partial charge in [-0.2, -0.15) is 0 Å². The molecule has 2 saturated heterocycles. The third-order valence-corrected chi connectivity index (χ3v) is 14.5. The van der Waals surface area contributed by atoms with Crippen LogP contribution in [-0.4, -0.2) is 143 Å². The van der Waals surface area contributed by atoms with E-state index in [0.717, 1.165) is 36.2 Å². The molecule has 0 aromatic carbocycles. The smallest absolute Gasteiger partial charge is 0.329 e. The van der Waals surface area contributed by atoms with Crippen molar-refractivity contribution in [1.29, 1.82) is 0 Å². The van der Waals surface area contributed by atoms with Gasteiger partial charge < -0.3 is 55.3 Å². The first-order valence-electron chi connectivity index (χ1n) is 24.8. The van der Waals surface area contributed by atoms with E-state index >= 15 is 0 Å². The second-order valence-corrected chi connectivity index (χ2v) is 20.0. The van der Waals surface area contributed by atoms with E-state index in [9.17, 15) is 44.4 Å². The van der Waals surface area contributed by atoms with Crippen LogP contribution in [0.1, 0.15) is 144 Å². The molecule has 0 radical (unpaired) electrons. The fraction of sp³-hybridized carbons (Fsp3) is 0.820. The van der Waals surface area contributed by atoms with Crippen LogP contribution in [0, 0.1) is 29.6 Å². The molecule has 66 heavy (non-hydrogen) atoms. The minimum atomic E-state index is -2.62. The molecule has 0 aromatic heterocycles. The first kappa shape index (κ1) is 55.5. The quantitative estimate of drug-likeness (QED) is 0.0619. The third kappa shape index (κ3) is 15.2. The number of unbranched alkanes of at least 4 members (excludes halogenated alkanes) is 3. The number of piperidine rings is 1. The number of carbonyl (C=O) groups is 5. The lowest BCUT2D eigenvalue weighted by molar-refractivity contribution is -0.301. The molecule has 1 aliphatic carbocycles. The van der Waals surface area contributed by atoms with Gasteiger partial charge in [0.1, 0.15) is 24.0 Å². The minimum Gasteiger partial charge on any atom is -0.456 e. The minimum absolute atomic E-state index is 0.0404. The van der Waals surface area contributed by atoms with Crippen LogP contribution < -0.4 is 11.1 Å². The van der Waals surface area contributed by atoms with Gasteiger partial charge in [-0.3, -0.25) is 19.2 Å². The maximum Gasteiger partial charge on any atom is 0.329 e. The van der Waals surface area contributed by atoms with Gasteiger partial charge in [-0.1, -0.05) is 51.3 Å². The van der Waals surface area contributed by atoms with Crippen molar-refractivity contribution in [3.63, 3.8) is 0 Å². The number of allylic oxidation sites excluding steroid dienone is 3. The number of amides is 2. The predicted octanol–water partition coefficient (Wildman–Crippen LogP) is 4.21. The number of nitrogens with two attached hydrogens (primary N) is 1. The monoisotopic (exact) mass is 934 g/mol. The highest BCUT2D eigenvalue weighted by Crippen LogP contribution is 2.39. The highest BCUT2D eigenvalue weighted by molar-refractivity contribution is 6.39. The second-order valence-electron chi connectivity index (χ2n) is 20.0. The molecule has 3 heterocycles. The summed E-state index contributed by atoms with van der Waals surface area (Å²) in [6.07, 6.45) is 5.56. The Morgan fingerprint density at radius 2 is 1.62 bits per heavy atom. The van der Waals surface area contributed by atoms with Crippen molar-refractivity contribution >= 4 is 29.4 Å². The number of fused-ring (bicyclic) bond motifs is 3. The number of methoxy groups -OCH3 is 2. The molecule has 7 N–H and O–H groups in total. The first-order valence-corrected chi connectivity index (χ1v) is 24.8. The van der Waals surface area contributed by atoms with E-state index < -0.39 is 90.0 Å². The number of Topliss-reactive ketones (excluding diaryl/α,β-unsaturated/α-hetero) is 2. The number of aliphatic hydroxyl groups is 4. The van der Waals surface area contributed by atoms with E-state index in [-0.39, 0.29) is 62.2 Å². The van der Waals surface area contributed by atoms with Gasteiger partial charge in [0.15, 0.2) is 0 Å². The van der Waals surface area contributed by atoms with Crippen molar-refractivity contribution in [2.45, 2.75) is 198 Å². The fourth-order valence-electron chi connectivity index (χ4n) is 10.5. The number of hydrogen-bond donors (Lipinski definition) is 6. The molecule has 2 bridgehead atoms. The lowest BCUT2D eigenvalue weighted by Crippen LogP contribution is -2.64. The average molecular weight is 934 g/mol. The van der Waals surface area contributed by atoms with Crippen LogP contribution in [0.2, 0.25) is 0 Å². The Bertz CT molecular complexity index is 1670. The molecular formula is C50H83N3O13. The zero-order valence-electron chi connectivity index (χ0n) is 40.8. The van der Waals surface area contributed by atoms with E-state index in [1.54, 1.807) is 27.9 Å². The van der Waals surface area contributed by atoms with Crippen LogP contribution in [0.25, 0.3) is 0 Å². The van der Waals surface area contributed by atoms with Crippen molar-refractivity contribution in [1.82, 2.24) is 10.2 Å². The van der Waals surface area contributed by atoms with Crippen LogP contribution in [-0.2, 0) is 42.9 Å². The van der Waals surface area contributed by atoms with Crippen molar-refractivity contribution < 1.29 is 63.3 Å². The molecule has 376 valence electrons. The number of cyclic esters (lactones) is 1. The van der Waals surface area contributed by atoms with Crippen LogP contribution >= 0.6 is 0 Å². The molecule has 3 aliphatic heterocycles. The summed E-state index contributed by atoms with van der Waals surface area (Å²) in [5, 5.41) is 49.0. The molecule has 4 aliphatic rings. The van der Waals surface area contributed by atoms with Crippen molar-refractivity contribution in [2.24, 2.45) is 35.3 Å². The standard InChI is InChI=1S/C50H83N3O13/c1-30-23-31(2)25-41(57)46-43(64-7)27-33(4)50(62,66-46)47(59)48(60)53-22-13-10-16-37(53)49(61)65-45(32(3)26-35-18-19-38(54)42(28-35)63-6)34(5)39(55)29-40(56)36(24-30)15-14-17-44(58)52-21-12-9-8-11-20-51/h24,26,31,33-39,41-43,45-46,54-55,57,62H,8-23,25,27-29,51H2,1-7H3,(H,52,58)/b30-24+,32-26+/t31-,33+,34+,35-,36+,37-,38+,39-,41-,42+,43-,45+,46+,50+/m0/s1. The van der Waals surface area contributed by atoms with E-state index in [4.69, 9.17) is 24.7 Å². The molecule has 1 saturated carbocycles. The Kier molecular flexibility index (Phi) is 22.4. The molecular weight excluding hydrogens is 851 g/mol. The molecule has 0 aromatic rings. The molecule has 3 fully saturated rings. The summed E-state index contributed by atoms with van der Waals surface area (Å²) >= 11 is 0. The van der Waals surface area contributed by atoms with E-state index in [1.165, 1.54) is 7.11 Å². The summed E-state index contributed by atoms with van der Waals surface area (Å²) in [5.41, 5.74) is 7.06. The zero-order chi connectivity index (χ0) is 48.7. The summed E-state index contributed by atoms with van der Waals surface area (Å²) in [6, 6.07) is -1.20. The van der Waals surface area contributed by atoms with Crippen LogP contribution in [0.4, 0.5) is 0 Å². The number of hydrogen-bond acceptors (Lipinski definition) is 14. The Morgan fingerprint density at radius 3 is 2.32 bits per heavy atom. The van der Waals surface area contributed by atoms with Gasteiger partial charge in [0, 0.05) is 57.9 Å². The summed E-state index contributed by atoms with van der Waals surface area (Å²) in [4.78, 5) is 71.2. The normalized spacial score (nSPS) is 37.0. The Balaban J connectivity index is 1.70. The molecule has 14 atom stereocenters. The predicted molar refractivity (Wildman–Crippen MR) is 247 cm³/mol. The summed E-state index contributed by atoms with van der Waals surface area (Å²) in [7, 11) is 3.00. The molecule has 2 amide bonds. The van der Waals surface area contributed by atoms with Crippen LogP contribution in [0.5, 0.6) is 0 Å². The molecule has 16 heteroatoms. The SMILES string of the molecule is CO[C@H]1C[C@@H](C)[C@@]2(O)O[C@@H]1[C@@H](O)C[C@@H](C)C/C(C)=C/[C@@H](CCCC(=O)NCCCCCCN)C(=O)C[C@H](O)[C@@H](C)[C@@H](/C(C)=C/[C@@H]1CC[C@@H](O)[C@H](OC)C1)OC(=O)[C@@H]1CCCCN1C(=O)C2=O. The molecule has 0 spiro atoms. The molecule has 4 rings (SSSR count). The number of ketones is 2.